The summed E-state index contributed by atoms with van der Waals surface area (Å²) in [5, 5.41) is 0. The quantitative estimate of drug-likeness (QED) is 0.689. The molecule has 3 nitrogen and oxygen atoms in total. The molecule has 1 saturated heterocycles. The minimum Gasteiger partial charge on any atom is -0.448 e. The summed E-state index contributed by atoms with van der Waals surface area (Å²) in [4.78, 5) is 4.06. The van der Waals surface area contributed by atoms with Gasteiger partial charge < -0.3 is 9.15 Å². The average molecular weight is 202 g/mol. The fourth-order valence-corrected chi connectivity index (χ4v) is 1.86. The van der Waals surface area contributed by atoms with Crippen LogP contribution in [0.5, 0.6) is 0 Å². The van der Waals surface area contributed by atoms with Crippen molar-refractivity contribution in [1.29, 1.82) is 0 Å². The first-order chi connectivity index (χ1) is 6.42. The van der Waals surface area contributed by atoms with Crippen molar-refractivity contribution in [3.05, 3.63) is 17.8 Å². The van der Waals surface area contributed by atoms with Crippen LogP contribution in [0.3, 0.4) is 0 Å². The molecule has 72 valence electrons. The molecule has 1 unspecified atom stereocenters. The highest BCUT2D eigenvalue weighted by Crippen LogP contribution is 2.28. The molecule has 0 bridgehead atoms. The van der Waals surface area contributed by atoms with Crippen LogP contribution in [-0.2, 0) is 10.6 Å². The fourth-order valence-electron chi connectivity index (χ4n) is 1.66. The van der Waals surface area contributed by atoms with Crippen LogP contribution in [-0.4, -0.2) is 18.2 Å². The smallest absolute Gasteiger partial charge is 0.181 e. The molecular formula is C9H12ClNO2. The number of rotatable bonds is 2. The second kappa shape index (κ2) is 4.11. The third-order valence-corrected chi connectivity index (χ3v) is 2.58. The lowest BCUT2D eigenvalue weighted by Gasteiger charge is -2.20. The zero-order valence-electron chi connectivity index (χ0n) is 7.33. The summed E-state index contributed by atoms with van der Waals surface area (Å²) in [6, 6.07) is 0. The molecule has 1 fully saturated rings. The van der Waals surface area contributed by atoms with Crippen molar-refractivity contribution in [2.24, 2.45) is 0 Å². The van der Waals surface area contributed by atoms with Crippen molar-refractivity contribution in [2.75, 3.05) is 13.2 Å². The first-order valence-corrected chi connectivity index (χ1v) is 5.01. The van der Waals surface area contributed by atoms with Crippen molar-refractivity contribution in [3.63, 3.8) is 0 Å². The molecule has 2 rings (SSSR count). The van der Waals surface area contributed by atoms with Crippen LogP contribution >= 0.6 is 11.6 Å². The zero-order chi connectivity index (χ0) is 9.10. The molecule has 0 spiro atoms. The topological polar surface area (TPSA) is 35.3 Å². The Balaban J connectivity index is 2.13. The maximum Gasteiger partial charge on any atom is 0.181 e. The van der Waals surface area contributed by atoms with Crippen molar-refractivity contribution < 1.29 is 9.15 Å². The van der Waals surface area contributed by atoms with Crippen molar-refractivity contribution in [1.82, 2.24) is 4.98 Å². The lowest BCUT2D eigenvalue weighted by molar-refractivity contribution is 0.0739. The summed E-state index contributed by atoms with van der Waals surface area (Å²) in [6.07, 6.45) is 3.66. The Morgan fingerprint density at radius 3 is 3.23 bits per heavy atom. The van der Waals surface area contributed by atoms with Gasteiger partial charge >= 0.3 is 0 Å². The Bertz CT molecular complexity index is 268. The highest BCUT2D eigenvalue weighted by molar-refractivity contribution is 6.16. The number of ether oxygens (including phenoxy) is 1. The van der Waals surface area contributed by atoms with E-state index in [1.807, 2.05) is 0 Å². The molecule has 0 radical (unpaired) electrons. The van der Waals surface area contributed by atoms with E-state index in [9.17, 15) is 0 Å². The fraction of sp³-hybridized carbons (Fsp3) is 0.667. The van der Waals surface area contributed by atoms with Gasteiger partial charge in [0.15, 0.2) is 6.39 Å². The minimum absolute atomic E-state index is 0.352. The molecule has 0 saturated carbocycles. The van der Waals surface area contributed by atoms with E-state index < -0.39 is 0 Å². The molecule has 0 aliphatic carbocycles. The second-order valence-electron chi connectivity index (χ2n) is 3.21. The summed E-state index contributed by atoms with van der Waals surface area (Å²) in [6.45, 7) is 1.60. The van der Waals surface area contributed by atoms with Gasteiger partial charge in [-0.05, 0) is 12.8 Å². The van der Waals surface area contributed by atoms with Crippen LogP contribution < -0.4 is 0 Å². The number of hydrogen-bond acceptors (Lipinski definition) is 3. The monoisotopic (exact) mass is 201 g/mol. The van der Waals surface area contributed by atoms with Gasteiger partial charge in [-0.1, -0.05) is 0 Å². The molecule has 13 heavy (non-hydrogen) atoms. The van der Waals surface area contributed by atoms with E-state index in [2.05, 4.69) is 4.98 Å². The van der Waals surface area contributed by atoms with E-state index in [0.717, 1.165) is 37.5 Å². The largest absolute Gasteiger partial charge is 0.448 e. The number of hydrogen-bond donors (Lipinski definition) is 0. The first-order valence-electron chi connectivity index (χ1n) is 4.47. The van der Waals surface area contributed by atoms with E-state index in [4.69, 9.17) is 20.8 Å². The van der Waals surface area contributed by atoms with E-state index in [0.29, 0.717) is 11.8 Å². The maximum atomic E-state index is 5.73. The van der Waals surface area contributed by atoms with Gasteiger partial charge in [0, 0.05) is 12.5 Å². The molecule has 4 heteroatoms. The van der Waals surface area contributed by atoms with Crippen LogP contribution in [0.1, 0.15) is 30.2 Å². The van der Waals surface area contributed by atoms with Gasteiger partial charge in [0.1, 0.15) is 5.76 Å². The molecule has 1 aromatic heterocycles. The number of halogens is 1. The van der Waals surface area contributed by atoms with Crippen molar-refractivity contribution in [2.45, 2.75) is 24.6 Å². The molecule has 1 aliphatic heterocycles. The third-order valence-electron chi connectivity index (χ3n) is 2.33. The summed E-state index contributed by atoms with van der Waals surface area (Å²) in [5.41, 5.74) is 0.858. The lowest BCUT2D eigenvalue weighted by Crippen LogP contribution is -2.15. The van der Waals surface area contributed by atoms with E-state index in [-0.39, 0.29) is 0 Å². The van der Waals surface area contributed by atoms with Crippen LogP contribution in [0.4, 0.5) is 0 Å². The summed E-state index contributed by atoms with van der Waals surface area (Å²) >= 11 is 5.73. The summed E-state index contributed by atoms with van der Waals surface area (Å²) < 4.78 is 10.7. The Labute approximate surface area is 82.0 Å². The molecule has 2 heterocycles. The van der Waals surface area contributed by atoms with Gasteiger partial charge in [0.05, 0.1) is 18.2 Å². The lowest BCUT2D eigenvalue weighted by atomic mass is 9.98. The van der Waals surface area contributed by atoms with Gasteiger partial charge in [-0.3, -0.25) is 0 Å². The minimum atomic E-state index is 0.352. The third kappa shape index (κ3) is 1.86. The van der Waals surface area contributed by atoms with E-state index in [1.54, 1.807) is 0 Å². The average Bonchev–Trinajstić information content (AvgIpc) is 2.67. The Hall–Kier alpha value is -0.540. The molecule has 0 N–H and O–H groups in total. The van der Waals surface area contributed by atoms with Crippen LogP contribution in [0.2, 0.25) is 0 Å². The van der Waals surface area contributed by atoms with Gasteiger partial charge in [0.25, 0.3) is 0 Å². The van der Waals surface area contributed by atoms with Crippen LogP contribution in [0.15, 0.2) is 10.8 Å². The Morgan fingerprint density at radius 2 is 2.54 bits per heavy atom. The number of alkyl halides is 1. The summed E-state index contributed by atoms with van der Waals surface area (Å²) in [5.74, 6) is 1.68. The Morgan fingerprint density at radius 1 is 1.62 bits per heavy atom. The molecule has 1 aromatic rings. The number of oxazole rings is 1. The number of aromatic nitrogens is 1. The van der Waals surface area contributed by atoms with Crippen LogP contribution in [0, 0.1) is 0 Å². The normalized spacial score (nSPS) is 23.3. The predicted molar refractivity (Wildman–Crippen MR) is 48.9 cm³/mol. The maximum absolute atomic E-state index is 5.73. The highest BCUT2D eigenvalue weighted by Gasteiger charge is 2.22. The second-order valence-corrected chi connectivity index (χ2v) is 3.48. The van der Waals surface area contributed by atoms with E-state index >= 15 is 0 Å². The molecule has 0 aromatic carbocycles. The van der Waals surface area contributed by atoms with E-state index in [1.165, 1.54) is 6.39 Å². The summed E-state index contributed by atoms with van der Waals surface area (Å²) in [7, 11) is 0. The highest BCUT2D eigenvalue weighted by atomic mass is 35.5. The molecule has 1 atom stereocenters. The SMILES string of the molecule is ClCc1ncoc1C1CCCOC1. The number of nitrogens with zero attached hydrogens (tertiary/aromatic N) is 1. The van der Waals surface area contributed by atoms with Crippen LogP contribution in [0.25, 0.3) is 0 Å². The van der Waals surface area contributed by atoms with Crippen molar-refractivity contribution >= 4 is 11.6 Å². The van der Waals surface area contributed by atoms with Crippen molar-refractivity contribution in [3.8, 4) is 0 Å². The first kappa shape index (κ1) is 9.03. The predicted octanol–water partition coefficient (Wildman–Crippen LogP) is 2.31. The molecule has 1 aliphatic rings. The van der Waals surface area contributed by atoms with Gasteiger partial charge in [-0.15, -0.1) is 11.6 Å². The standard InChI is InChI=1S/C9H12ClNO2/c10-4-8-9(13-6-11-8)7-2-1-3-12-5-7/h6-7H,1-5H2. The molecular weight excluding hydrogens is 190 g/mol. The zero-order valence-corrected chi connectivity index (χ0v) is 8.09. The van der Waals surface area contributed by atoms with Gasteiger partial charge in [-0.2, -0.15) is 0 Å². The van der Waals surface area contributed by atoms with Gasteiger partial charge in [0.2, 0.25) is 0 Å². The van der Waals surface area contributed by atoms with Gasteiger partial charge in [-0.25, -0.2) is 4.98 Å². The Kier molecular flexibility index (Phi) is 2.86. The molecule has 0 amide bonds.